The van der Waals surface area contributed by atoms with Crippen LogP contribution < -0.4 is 0 Å². The van der Waals surface area contributed by atoms with E-state index in [2.05, 4.69) is 20.9 Å². The van der Waals surface area contributed by atoms with Crippen LogP contribution in [0.1, 0.15) is 15.9 Å². The first-order valence-corrected chi connectivity index (χ1v) is 7.53. The molecule has 3 rings (SSSR count). The van der Waals surface area contributed by atoms with Crippen LogP contribution in [0.25, 0.3) is 11.4 Å². The van der Waals surface area contributed by atoms with Crippen LogP contribution in [0, 0.1) is 0 Å². The lowest BCUT2D eigenvalue weighted by Crippen LogP contribution is -2.07. The molecule has 2 aromatic carbocycles. The minimum atomic E-state index is -0.916. The van der Waals surface area contributed by atoms with Gasteiger partial charge in [0.05, 0.1) is 5.56 Å². The number of carbonyl (C=O) groups is 1. The number of imidazole rings is 1. The molecule has 0 radical (unpaired) electrons. The first-order chi connectivity index (χ1) is 10.6. The van der Waals surface area contributed by atoms with Crippen LogP contribution in [0.4, 0.5) is 0 Å². The molecule has 1 N–H and O–H groups in total. The van der Waals surface area contributed by atoms with Crippen molar-refractivity contribution in [2.24, 2.45) is 0 Å². The van der Waals surface area contributed by atoms with E-state index < -0.39 is 5.97 Å². The van der Waals surface area contributed by atoms with Gasteiger partial charge in [0.1, 0.15) is 5.82 Å². The third-order valence-corrected chi connectivity index (χ3v) is 3.94. The number of aromatic carboxylic acids is 1. The summed E-state index contributed by atoms with van der Waals surface area (Å²) in [6, 6.07) is 14.9. The minimum absolute atomic E-state index is 0.318. The first-order valence-electron chi connectivity index (χ1n) is 6.73. The van der Waals surface area contributed by atoms with Gasteiger partial charge in [0.25, 0.3) is 0 Å². The van der Waals surface area contributed by atoms with E-state index in [1.807, 2.05) is 47.2 Å². The molecule has 22 heavy (non-hydrogen) atoms. The zero-order valence-electron chi connectivity index (χ0n) is 11.6. The Labute approximate surface area is 136 Å². The molecule has 0 saturated heterocycles. The molecule has 0 bridgehead atoms. The van der Waals surface area contributed by atoms with Gasteiger partial charge >= 0.3 is 5.97 Å². The molecule has 5 heteroatoms. The Balaban J connectivity index is 1.97. The van der Waals surface area contributed by atoms with Crippen molar-refractivity contribution in [3.05, 3.63) is 76.5 Å². The SMILES string of the molecule is O=C(O)c1ccccc1Cn1ccnc1-c1ccc(Br)cc1. The van der Waals surface area contributed by atoms with Gasteiger partial charge in [0.15, 0.2) is 0 Å². The molecule has 0 amide bonds. The Morgan fingerprint density at radius 1 is 1.14 bits per heavy atom. The molecule has 0 saturated carbocycles. The minimum Gasteiger partial charge on any atom is -0.478 e. The molecule has 0 atom stereocenters. The number of hydrogen-bond acceptors (Lipinski definition) is 2. The maximum absolute atomic E-state index is 11.3. The number of carboxylic acid groups (broad SMARTS) is 1. The molecule has 0 unspecified atom stereocenters. The van der Waals surface area contributed by atoms with Gasteiger partial charge in [-0.1, -0.05) is 46.3 Å². The van der Waals surface area contributed by atoms with E-state index >= 15 is 0 Å². The number of benzene rings is 2. The van der Waals surface area contributed by atoms with Crippen LogP contribution in [0.15, 0.2) is 65.4 Å². The van der Waals surface area contributed by atoms with Crippen molar-refractivity contribution >= 4 is 21.9 Å². The summed E-state index contributed by atoms with van der Waals surface area (Å²) in [6.07, 6.45) is 3.58. The van der Waals surface area contributed by atoms with Crippen molar-refractivity contribution in [3.8, 4) is 11.4 Å². The first kappa shape index (κ1) is 14.5. The van der Waals surface area contributed by atoms with Crippen molar-refractivity contribution in [3.63, 3.8) is 0 Å². The number of hydrogen-bond donors (Lipinski definition) is 1. The third-order valence-electron chi connectivity index (χ3n) is 3.41. The largest absolute Gasteiger partial charge is 0.478 e. The number of halogens is 1. The molecule has 3 aromatic rings. The van der Waals surface area contributed by atoms with E-state index in [1.54, 1.807) is 18.3 Å². The molecular weight excluding hydrogens is 344 g/mol. The van der Waals surface area contributed by atoms with E-state index in [1.165, 1.54) is 0 Å². The zero-order valence-corrected chi connectivity index (χ0v) is 13.2. The third kappa shape index (κ3) is 2.94. The van der Waals surface area contributed by atoms with Gasteiger partial charge in [0.2, 0.25) is 0 Å². The summed E-state index contributed by atoms with van der Waals surface area (Å²) < 4.78 is 2.95. The fourth-order valence-electron chi connectivity index (χ4n) is 2.35. The Morgan fingerprint density at radius 3 is 2.59 bits per heavy atom. The van der Waals surface area contributed by atoms with E-state index in [9.17, 15) is 9.90 Å². The molecule has 0 spiro atoms. The summed E-state index contributed by atoms with van der Waals surface area (Å²) in [5, 5.41) is 9.28. The second kappa shape index (κ2) is 6.15. The summed E-state index contributed by atoms with van der Waals surface area (Å²) in [6.45, 7) is 0.466. The van der Waals surface area contributed by atoms with E-state index in [0.29, 0.717) is 12.1 Å². The molecule has 4 nitrogen and oxygen atoms in total. The van der Waals surface area contributed by atoms with Crippen LogP contribution in [0.3, 0.4) is 0 Å². The van der Waals surface area contributed by atoms with E-state index in [-0.39, 0.29) is 0 Å². The predicted molar refractivity (Wildman–Crippen MR) is 87.9 cm³/mol. The fraction of sp³-hybridized carbons (Fsp3) is 0.0588. The maximum Gasteiger partial charge on any atom is 0.336 e. The highest BCUT2D eigenvalue weighted by molar-refractivity contribution is 9.10. The van der Waals surface area contributed by atoms with Gasteiger partial charge < -0.3 is 9.67 Å². The second-order valence-corrected chi connectivity index (χ2v) is 5.76. The summed E-state index contributed by atoms with van der Waals surface area (Å²) in [5.41, 5.74) is 2.06. The number of carboxylic acids is 1. The van der Waals surface area contributed by atoms with Gasteiger partial charge in [-0.25, -0.2) is 9.78 Å². The highest BCUT2D eigenvalue weighted by atomic mass is 79.9. The molecular formula is C17H13BrN2O2. The molecule has 1 aromatic heterocycles. The van der Waals surface area contributed by atoms with Gasteiger partial charge in [-0.05, 0) is 23.8 Å². The van der Waals surface area contributed by atoms with Gasteiger partial charge in [0, 0.05) is 29.0 Å². The lowest BCUT2D eigenvalue weighted by molar-refractivity contribution is 0.0695. The summed E-state index contributed by atoms with van der Waals surface area (Å²) >= 11 is 3.41. The predicted octanol–water partition coefficient (Wildman–Crippen LogP) is 4.06. The van der Waals surface area contributed by atoms with Crippen molar-refractivity contribution in [1.82, 2.24) is 9.55 Å². The smallest absolute Gasteiger partial charge is 0.336 e. The van der Waals surface area contributed by atoms with Gasteiger partial charge in [-0.3, -0.25) is 0 Å². The highest BCUT2D eigenvalue weighted by Gasteiger charge is 2.12. The van der Waals surface area contributed by atoms with Crippen LogP contribution >= 0.6 is 15.9 Å². The van der Waals surface area contributed by atoms with Crippen LogP contribution in [-0.2, 0) is 6.54 Å². The van der Waals surface area contributed by atoms with Gasteiger partial charge in [-0.15, -0.1) is 0 Å². The summed E-state index contributed by atoms with van der Waals surface area (Å²) in [7, 11) is 0. The summed E-state index contributed by atoms with van der Waals surface area (Å²) in [5.74, 6) is -0.103. The molecule has 110 valence electrons. The molecule has 0 aliphatic rings. The average Bonchev–Trinajstić information content (AvgIpc) is 2.96. The average molecular weight is 357 g/mol. The lowest BCUT2D eigenvalue weighted by Gasteiger charge is -2.10. The fourth-order valence-corrected chi connectivity index (χ4v) is 2.61. The maximum atomic E-state index is 11.3. The van der Waals surface area contributed by atoms with Crippen molar-refractivity contribution in [2.45, 2.75) is 6.54 Å². The Kier molecular flexibility index (Phi) is 4.06. The standard InChI is InChI=1S/C17H13BrN2O2/c18-14-7-5-12(6-8-14)16-19-9-10-20(16)11-13-3-1-2-4-15(13)17(21)22/h1-10H,11H2,(H,21,22). The van der Waals surface area contributed by atoms with Crippen LogP contribution in [0.5, 0.6) is 0 Å². The Hall–Kier alpha value is -2.40. The number of rotatable bonds is 4. The normalized spacial score (nSPS) is 10.6. The van der Waals surface area contributed by atoms with E-state index in [4.69, 9.17) is 0 Å². The number of aromatic nitrogens is 2. The van der Waals surface area contributed by atoms with E-state index in [0.717, 1.165) is 21.4 Å². The van der Waals surface area contributed by atoms with Crippen molar-refractivity contribution < 1.29 is 9.90 Å². The molecule has 0 aliphatic carbocycles. The van der Waals surface area contributed by atoms with Crippen LogP contribution in [-0.4, -0.2) is 20.6 Å². The molecule has 1 heterocycles. The summed E-state index contributed by atoms with van der Waals surface area (Å²) in [4.78, 5) is 15.7. The second-order valence-electron chi connectivity index (χ2n) is 4.85. The topological polar surface area (TPSA) is 55.1 Å². The highest BCUT2D eigenvalue weighted by Crippen LogP contribution is 2.22. The Morgan fingerprint density at radius 2 is 1.86 bits per heavy atom. The monoisotopic (exact) mass is 356 g/mol. The quantitative estimate of drug-likeness (QED) is 0.766. The Bertz CT molecular complexity index is 810. The van der Waals surface area contributed by atoms with Gasteiger partial charge in [-0.2, -0.15) is 0 Å². The van der Waals surface area contributed by atoms with Crippen LogP contribution in [0.2, 0.25) is 0 Å². The molecule has 0 aliphatic heterocycles. The van der Waals surface area contributed by atoms with Crippen molar-refractivity contribution in [2.75, 3.05) is 0 Å². The number of nitrogens with zero attached hydrogens (tertiary/aromatic N) is 2. The zero-order chi connectivity index (χ0) is 15.5. The van der Waals surface area contributed by atoms with Crippen molar-refractivity contribution in [1.29, 1.82) is 0 Å². The molecule has 0 fully saturated rings. The lowest BCUT2D eigenvalue weighted by atomic mass is 10.1.